The molecular weight excluding hydrogens is 278 g/mol. The lowest BCUT2D eigenvalue weighted by Crippen LogP contribution is -1.99. The molecule has 0 saturated carbocycles. The molecule has 0 bridgehead atoms. The van der Waals surface area contributed by atoms with Gasteiger partial charge in [0.05, 0.1) is 11.1 Å². The fourth-order valence-corrected chi connectivity index (χ4v) is 1.87. The number of non-ortho nitro benzene ring substituents is 1. The van der Waals surface area contributed by atoms with E-state index in [-0.39, 0.29) is 5.69 Å². The summed E-state index contributed by atoms with van der Waals surface area (Å²) in [6.45, 7) is 2.03. The van der Waals surface area contributed by atoms with Crippen molar-refractivity contribution in [2.45, 2.75) is 19.8 Å². The zero-order valence-corrected chi connectivity index (χ0v) is 11.6. The summed E-state index contributed by atoms with van der Waals surface area (Å²) in [5.41, 5.74) is 0.656. The first kappa shape index (κ1) is 14.1. The third-order valence-electron chi connectivity index (χ3n) is 2.59. The maximum absolute atomic E-state index is 10.7. The number of hydrogen-bond donors (Lipinski definition) is 1. The molecule has 0 fully saturated rings. The van der Waals surface area contributed by atoms with Crippen molar-refractivity contribution in [3.05, 3.63) is 50.5 Å². The van der Waals surface area contributed by atoms with E-state index in [2.05, 4.69) is 15.3 Å². The van der Waals surface area contributed by atoms with Crippen LogP contribution in [0.4, 0.5) is 5.69 Å². The second-order valence-electron chi connectivity index (χ2n) is 4.10. The molecule has 0 atom stereocenters. The van der Waals surface area contributed by atoms with Crippen LogP contribution >= 0.6 is 12.2 Å². The Morgan fingerprint density at radius 3 is 3.10 bits per heavy atom. The minimum atomic E-state index is -0.441. The molecule has 0 saturated heterocycles. The molecule has 0 unspecified atom stereocenters. The fourth-order valence-electron chi connectivity index (χ4n) is 1.67. The van der Waals surface area contributed by atoms with Crippen molar-refractivity contribution in [2.75, 3.05) is 0 Å². The molecular formula is C12H13N5O2S. The third kappa shape index (κ3) is 3.15. The molecule has 1 heterocycles. The van der Waals surface area contributed by atoms with Crippen LogP contribution in [0.3, 0.4) is 0 Å². The van der Waals surface area contributed by atoms with Gasteiger partial charge in [0.25, 0.3) is 5.69 Å². The van der Waals surface area contributed by atoms with Gasteiger partial charge in [-0.1, -0.05) is 19.1 Å². The number of H-pyrrole nitrogens is 1. The van der Waals surface area contributed by atoms with Gasteiger partial charge in [0, 0.05) is 24.1 Å². The lowest BCUT2D eigenvalue weighted by molar-refractivity contribution is -0.384. The SMILES string of the molecule is CCCc1n[nH]c(=S)n1/N=C/c1cccc([N+](=O)[O-])c1. The number of nitro groups is 1. The number of aromatic amines is 1. The Balaban J connectivity index is 2.29. The van der Waals surface area contributed by atoms with Gasteiger partial charge in [-0.2, -0.15) is 14.9 Å². The molecule has 8 heteroatoms. The van der Waals surface area contributed by atoms with Gasteiger partial charge in [0.1, 0.15) is 0 Å². The number of nitro benzene ring substituents is 1. The monoisotopic (exact) mass is 291 g/mol. The minimum absolute atomic E-state index is 0.0264. The van der Waals surface area contributed by atoms with E-state index in [0.717, 1.165) is 18.7 Å². The van der Waals surface area contributed by atoms with Gasteiger partial charge in [0.15, 0.2) is 5.82 Å². The zero-order valence-electron chi connectivity index (χ0n) is 10.8. The van der Waals surface area contributed by atoms with Gasteiger partial charge in [0.2, 0.25) is 4.77 Å². The number of nitrogens with zero attached hydrogens (tertiary/aromatic N) is 4. The highest BCUT2D eigenvalue weighted by Crippen LogP contribution is 2.11. The van der Waals surface area contributed by atoms with Crippen molar-refractivity contribution in [1.82, 2.24) is 14.9 Å². The van der Waals surface area contributed by atoms with Gasteiger partial charge < -0.3 is 0 Å². The Morgan fingerprint density at radius 2 is 2.40 bits per heavy atom. The van der Waals surface area contributed by atoms with E-state index in [1.54, 1.807) is 12.1 Å². The average Bonchev–Trinajstić information content (AvgIpc) is 2.78. The van der Waals surface area contributed by atoms with Crippen LogP contribution in [-0.4, -0.2) is 26.0 Å². The lowest BCUT2D eigenvalue weighted by Gasteiger charge is -1.98. The number of benzene rings is 1. The van der Waals surface area contributed by atoms with Crippen LogP contribution in [0.15, 0.2) is 29.4 Å². The van der Waals surface area contributed by atoms with Crippen LogP contribution in [0.25, 0.3) is 0 Å². The Hall–Kier alpha value is -2.35. The zero-order chi connectivity index (χ0) is 14.5. The van der Waals surface area contributed by atoms with E-state index in [1.165, 1.54) is 23.0 Å². The Morgan fingerprint density at radius 1 is 1.60 bits per heavy atom. The second kappa shape index (κ2) is 6.20. The predicted molar refractivity (Wildman–Crippen MR) is 77.5 cm³/mol. The Kier molecular flexibility index (Phi) is 4.36. The summed E-state index contributed by atoms with van der Waals surface area (Å²) in [4.78, 5) is 10.3. The maximum Gasteiger partial charge on any atom is 0.270 e. The highest BCUT2D eigenvalue weighted by Gasteiger charge is 2.05. The van der Waals surface area contributed by atoms with E-state index >= 15 is 0 Å². The summed E-state index contributed by atoms with van der Waals surface area (Å²) in [6, 6.07) is 6.23. The molecule has 2 aromatic rings. The van der Waals surface area contributed by atoms with Crippen LogP contribution in [0.5, 0.6) is 0 Å². The number of aryl methyl sites for hydroxylation is 1. The first-order valence-corrected chi connectivity index (χ1v) is 6.47. The van der Waals surface area contributed by atoms with Crippen LogP contribution in [0, 0.1) is 14.9 Å². The van der Waals surface area contributed by atoms with Crippen molar-refractivity contribution in [2.24, 2.45) is 5.10 Å². The molecule has 1 aromatic heterocycles. The van der Waals surface area contributed by atoms with Crippen molar-refractivity contribution in [1.29, 1.82) is 0 Å². The van der Waals surface area contributed by atoms with E-state index in [1.807, 2.05) is 6.92 Å². The number of rotatable bonds is 5. The van der Waals surface area contributed by atoms with Gasteiger partial charge in [-0.25, -0.2) is 0 Å². The van der Waals surface area contributed by atoms with Gasteiger partial charge in [-0.05, 0) is 18.6 Å². The molecule has 1 N–H and O–H groups in total. The van der Waals surface area contributed by atoms with Crippen molar-refractivity contribution in [3.8, 4) is 0 Å². The molecule has 20 heavy (non-hydrogen) atoms. The highest BCUT2D eigenvalue weighted by molar-refractivity contribution is 7.71. The maximum atomic E-state index is 10.7. The average molecular weight is 291 g/mol. The molecule has 104 valence electrons. The van der Waals surface area contributed by atoms with Crippen LogP contribution in [-0.2, 0) is 6.42 Å². The number of hydrogen-bond acceptors (Lipinski definition) is 5. The third-order valence-corrected chi connectivity index (χ3v) is 2.86. The smallest absolute Gasteiger partial charge is 0.258 e. The lowest BCUT2D eigenvalue weighted by atomic mass is 10.2. The summed E-state index contributed by atoms with van der Waals surface area (Å²) in [5, 5.41) is 21.7. The summed E-state index contributed by atoms with van der Waals surface area (Å²) in [7, 11) is 0. The summed E-state index contributed by atoms with van der Waals surface area (Å²) in [5.74, 6) is 0.735. The highest BCUT2D eigenvalue weighted by atomic mass is 32.1. The summed E-state index contributed by atoms with van der Waals surface area (Å²) >= 11 is 5.09. The quantitative estimate of drug-likeness (QED) is 0.397. The van der Waals surface area contributed by atoms with Crippen molar-refractivity contribution >= 4 is 24.1 Å². The number of nitrogens with one attached hydrogen (secondary N) is 1. The van der Waals surface area contributed by atoms with Crippen LogP contribution in [0.2, 0.25) is 0 Å². The second-order valence-corrected chi connectivity index (χ2v) is 4.49. The topological polar surface area (TPSA) is 89.1 Å². The molecule has 0 aliphatic carbocycles. The predicted octanol–water partition coefficient (Wildman–Crippen LogP) is 2.68. The molecule has 0 spiro atoms. The fraction of sp³-hybridized carbons (Fsp3) is 0.250. The first-order chi connectivity index (χ1) is 9.61. The van der Waals surface area contributed by atoms with Gasteiger partial charge in [-0.3, -0.25) is 15.2 Å². The van der Waals surface area contributed by atoms with E-state index in [4.69, 9.17) is 12.2 Å². The molecule has 0 aliphatic heterocycles. The van der Waals surface area contributed by atoms with Gasteiger partial charge in [-0.15, -0.1) is 0 Å². The van der Waals surface area contributed by atoms with Gasteiger partial charge >= 0.3 is 0 Å². The largest absolute Gasteiger partial charge is 0.270 e. The normalized spacial score (nSPS) is 11.1. The molecule has 0 amide bonds. The first-order valence-electron chi connectivity index (χ1n) is 6.07. The Bertz CT molecular complexity index is 704. The minimum Gasteiger partial charge on any atom is -0.258 e. The number of aromatic nitrogens is 3. The van der Waals surface area contributed by atoms with Crippen LogP contribution < -0.4 is 0 Å². The van der Waals surface area contributed by atoms with E-state index < -0.39 is 4.92 Å². The molecule has 2 rings (SSSR count). The molecule has 0 radical (unpaired) electrons. The molecule has 0 aliphatic rings. The molecule has 7 nitrogen and oxygen atoms in total. The Labute approximate surface area is 120 Å². The van der Waals surface area contributed by atoms with Crippen LogP contribution in [0.1, 0.15) is 24.7 Å². The molecule has 1 aromatic carbocycles. The standard InChI is InChI=1S/C12H13N5O2S/c1-2-4-11-14-15-12(20)16(11)13-8-9-5-3-6-10(7-9)17(18)19/h3,5-8H,2,4H2,1H3,(H,15,20)/b13-8+. The summed E-state index contributed by atoms with van der Waals surface area (Å²) < 4.78 is 1.92. The van der Waals surface area contributed by atoms with E-state index in [0.29, 0.717) is 10.3 Å². The van der Waals surface area contributed by atoms with E-state index in [9.17, 15) is 10.1 Å². The van der Waals surface area contributed by atoms with Crippen molar-refractivity contribution in [3.63, 3.8) is 0 Å². The summed E-state index contributed by atoms with van der Waals surface area (Å²) in [6.07, 6.45) is 3.20. The van der Waals surface area contributed by atoms with Crippen molar-refractivity contribution < 1.29 is 4.92 Å².